The molecule has 0 spiro atoms. The van der Waals surface area contributed by atoms with Gasteiger partial charge in [0.25, 0.3) is 0 Å². The van der Waals surface area contributed by atoms with E-state index in [1.165, 1.54) is 49.4 Å². The molecule has 2 heterocycles. The summed E-state index contributed by atoms with van der Waals surface area (Å²) in [5.74, 6) is 1.93. The molecule has 53 heavy (non-hydrogen) atoms. The van der Waals surface area contributed by atoms with E-state index in [1.807, 2.05) is 0 Å². The molecular formula is C49H38N4. The van der Waals surface area contributed by atoms with E-state index < -0.39 is 0 Å². The predicted molar refractivity (Wildman–Crippen MR) is 221 cm³/mol. The van der Waals surface area contributed by atoms with Gasteiger partial charge in [-0.15, -0.1) is 0 Å². The third-order valence-electron chi connectivity index (χ3n) is 11.2. The van der Waals surface area contributed by atoms with Gasteiger partial charge in [0.05, 0.1) is 33.4 Å². The molecule has 0 saturated carbocycles. The fourth-order valence-electron chi connectivity index (χ4n) is 8.69. The second-order valence-electron chi connectivity index (χ2n) is 14.5. The highest BCUT2D eigenvalue weighted by atomic mass is 15.1. The number of nitrogens with zero attached hydrogens (tertiary/aromatic N) is 4. The summed E-state index contributed by atoms with van der Waals surface area (Å²) in [5.41, 5.74) is 12.5. The van der Waals surface area contributed by atoms with Crippen molar-refractivity contribution in [2.24, 2.45) is 0 Å². The lowest BCUT2D eigenvalue weighted by Crippen LogP contribution is -2.20. The first-order valence-corrected chi connectivity index (χ1v) is 18.4. The van der Waals surface area contributed by atoms with Gasteiger partial charge in [0.1, 0.15) is 11.6 Å². The molecule has 254 valence electrons. The number of aromatic nitrogens is 4. The van der Waals surface area contributed by atoms with Gasteiger partial charge >= 0.3 is 0 Å². The third kappa shape index (κ3) is 4.90. The van der Waals surface area contributed by atoms with Crippen LogP contribution in [0, 0.1) is 13.8 Å². The first-order chi connectivity index (χ1) is 26.0. The number of fused-ring (bicyclic) bond motifs is 4. The van der Waals surface area contributed by atoms with Crippen LogP contribution in [0.5, 0.6) is 0 Å². The maximum atomic E-state index is 5.00. The van der Waals surface area contributed by atoms with Crippen LogP contribution in [0.25, 0.3) is 77.2 Å². The van der Waals surface area contributed by atoms with E-state index in [0.717, 1.165) is 51.5 Å². The lowest BCUT2D eigenvalue weighted by Gasteiger charge is -2.31. The fourth-order valence-corrected chi connectivity index (χ4v) is 8.69. The molecule has 0 fully saturated rings. The van der Waals surface area contributed by atoms with E-state index >= 15 is 0 Å². The Morgan fingerprint density at radius 2 is 1.11 bits per heavy atom. The molecule has 1 atom stereocenters. The van der Waals surface area contributed by atoms with Gasteiger partial charge in [0.15, 0.2) is 0 Å². The second kappa shape index (κ2) is 12.0. The van der Waals surface area contributed by atoms with Crippen molar-refractivity contribution in [2.75, 3.05) is 0 Å². The van der Waals surface area contributed by atoms with Crippen LogP contribution in [-0.2, 0) is 5.41 Å². The Morgan fingerprint density at radius 1 is 0.528 bits per heavy atom. The van der Waals surface area contributed by atoms with Crippen LogP contribution < -0.4 is 0 Å². The van der Waals surface area contributed by atoms with Gasteiger partial charge in [-0.05, 0) is 107 Å². The first kappa shape index (κ1) is 31.2. The summed E-state index contributed by atoms with van der Waals surface area (Å²) in [7, 11) is 0. The molecule has 0 N–H and O–H groups in total. The van der Waals surface area contributed by atoms with Gasteiger partial charge in [-0.3, -0.25) is 9.13 Å². The highest BCUT2D eigenvalue weighted by Crippen LogP contribution is 2.47. The Kier molecular flexibility index (Phi) is 7.09. The molecule has 1 aliphatic carbocycles. The van der Waals surface area contributed by atoms with Crippen LogP contribution in [0.2, 0.25) is 0 Å². The number of imidazole rings is 2. The van der Waals surface area contributed by atoms with Crippen LogP contribution in [0.15, 0.2) is 164 Å². The Labute approximate surface area is 309 Å². The SMILES string of the molecule is Cc1nc2ccccc2n1-c1cccc2c(-c3ccc(-c4ccccc4)cc3C3(C)C=CC=CC3)c3cccc(-n4c(C)nc5ccccc54)c3cc12. The number of allylic oxidation sites excluding steroid dienone is 4. The van der Waals surface area contributed by atoms with E-state index in [-0.39, 0.29) is 5.41 Å². The Balaban J connectivity index is 1.36. The summed E-state index contributed by atoms with van der Waals surface area (Å²) in [6, 6.07) is 50.7. The highest BCUT2D eigenvalue weighted by Gasteiger charge is 2.29. The molecule has 0 saturated heterocycles. The predicted octanol–water partition coefficient (Wildman–Crippen LogP) is 12.4. The largest absolute Gasteiger partial charge is 0.296 e. The molecule has 2 aromatic heterocycles. The monoisotopic (exact) mass is 682 g/mol. The van der Waals surface area contributed by atoms with E-state index in [4.69, 9.17) is 9.97 Å². The molecule has 0 aliphatic heterocycles. The topological polar surface area (TPSA) is 35.6 Å². The molecular weight excluding hydrogens is 645 g/mol. The number of rotatable bonds is 5. The molecule has 7 aromatic carbocycles. The fraction of sp³-hybridized carbons (Fsp3) is 0.102. The van der Waals surface area contributed by atoms with E-state index in [9.17, 15) is 0 Å². The number of benzene rings is 7. The van der Waals surface area contributed by atoms with Crippen molar-refractivity contribution in [3.05, 3.63) is 181 Å². The highest BCUT2D eigenvalue weighted by molar-refractivity contribution is 6.17. The molecule has 1 unspecified atom stereocenters. The lowest BCUT2D eigenvalue weighted by molar-refractivity contribution is 0.602. The molecule has 0 radical (unpaired) electrons. The van der Waals surface area contributed by atoms with Crippen LogP contribution >= 0.6 is 0 Å². The van der Waals surface area contributed by atoms with Crippen LogP contribution in [0.3, 0.4) is 0 Å². The maximum absolute atomic E-state index is 5.00. The van der Waals surface area contributed by atoms with Crippen LogP contribution in [0.4, 0.5) is 0 Å². The number of hydrogen-bond donors (Lipinski definition) is 0. The Morgan fingerprint density at radius 3 is 1.70 bits per heavy atom. The zero-order valence-corrected chi connectivity index (χ0v) is 30.1. The zero-order valence-electron chi connectivity index (χ0n) is 30.1. The minimum atomic E-state index is -0.202. The molecule has 4 nitrogen and oxygen atoms in total. The summed E-state index contributed by atoms with van der Waals surface area (Å²) < 4.78 is 4.65. The minimum Gasteiger partial charge on any atom is -0.296 e. The molecule has 1 aliphatic rings. The molecule has 10 rings (SSSR count). The summed E-state index contributed by atoms with van der Waals surface area (Å²) in [6.45, 7) is 6.60. The second-order valence-corrected chi connectivity index (χ2v) is 14.5. The maximum Gasteiger partial charge on any atom is 0.111 e. The smallest absolute Gasteiger partial charge is 0.111 e. The lowest BCUT2D eigenvalue weighted by atomic mass is 9.72. The van der Waals surface area contributed by atoms with Gasteiger partial charge in [0, 0.05) is 16.2 Å². The Bertz CT molecular complexity index is 2820. The first-order valence-electron chi connectivity index (χ1n) is 18.4. The van der Waals surface area contributed by atoms with Crippen molar-refractivity contribution in [3.63, 3.8) is 0 Å². The van der Waals surface area contributed by atoms with Gasteiger partial charge in [-0.2, -0.15) is 0 Å². The number of para-hydroxylation sites is 4. The Hall–Kier alpha value is -6.52. The van der Waals surface area contributed by atoms with Crippen LogP contribution in [-0.4, -0.2) is 19.1 Å². The summed E-state index contributed by atoms with van der Waals surface area (Å²) in [5, 5.41) is 4.78. The van der Waals surface area contributed by atoms with E-state index in [1.54, 1.807) is 0 Å². The number of aryl methyl sites for hydroxylation is 2. The quantitative estimate of drug-likeness (QED) is 0.169. The molecule has 9 aromatic rings. The van der Waals surface area contributed by atoms with Crippen molar-refractivity contribution in [1.29, 1.82) is 0 Å². The number of hydrogen-bond acceptors (Lipinski definition) is 2. The average molecular weight is 683 g/mol. The van der Waals surface area contributed by atoms with Crippen molar-refractivity contribution >= 4 is 43.6 Å². The van der Waals surface area contributed by atoms with Crippen molar-refractivity contribution < 1.29 is 0 Å². The molecule has 4 heteroatoms. The van der Waals surface area contributed by atoms with Gasteiger partial charge in [-0.1, -0.05) is 122 Å². The summed E-state index contributed by atoms with van der Waals surface area (Å²) in [4.78, 5) is 10.0. The normalized spacial score (nSPS) is 15.7. The standard InChI is InChI=1S/C49H38N4/c1-32-50-42-20-8-10-22-46(42)52(32)44-24-14-18-36-39(44)31-40-37(19-15-25-45(40)53-33(2)51-43-21-9-11-23-47(43)53)48(36)38-27-26-35(34-16-6-4-7-17-34)30-41(38)49(3)28-12-5-13-29-49/h4-28,30-31H,29H2,1-3H3. The van der Waals surface area contributed by atoms with Crippen molar-refractivity contribution in [2.45, 2.75) is 32.6 Å². The minimum absolute atomic E-state index is 0.202. The van der Waals surface area contributed by atoms with Crippen LogP contribution in [0.1, 0.15) is 30.6 Å². The van der Waals surface area contributed by atoms with Crippen molar-refractivity contribution in [3.8, 4) is 33.6 Å². The molecule has 0 amide bonds. The summed E-state index contributed by atoms with van der Waals surface area (Å²) in [6.07, 6.45) is 9.99. The zero-order chi connectivity index (χ0) is 35.7. The van der Waals surface area contributed by atoms with E-state index in [2.05, 4.69) is 194 Å². The third-order valence-corrected chi connectivity index (χ3v) is 11.2. The van der Waals surface area contributed by atoms with Gasteiger partial charge in [-0.25, -0.2) is 9.97 Å². The summed E-state index contributed by atoms with van der Waals surface area (Å²) >= 11 is 0. The van der Waals surface area contributed by atoms with E-state index in [0.29, 0.717) is 0 Å². The average Bonchev–Trinajstić information content (AvgIpc) is 3.71. The van der Waals surface area contributed by atoms with Gasteiger partial charge < -0.3 is 0 Å². The van der Waals surface area contributed by atoms with Crippen molar-refractivity contribution in [1.82, 2.24) is 19.1 Å². The molecule has 0 bridgehead atoms. The van der Waals surface area contributed by atoms with Gasteiger partial charge in [0.2, 0.25) is 0 Å².